The first kappa shape index (κ1) is 11.0. The summed E-state index contributed by atoms with van der Waals surface area (Å²) in [6.45, 7) is 4.59. The predicted molar refractivity (Wildman–Crippen MR) is 56.2 cm³/mol. The summed E-state index contributed by atoms with van der Waals surface area (Å²) in [6.07, 6.45) is 0. The molecule has 1 unspecified atom stereocenters. The van der Waals surface area contributed by atoms with Gasteiger partial charge in [0.2, 0.25) is 0 Å². The molecule has 0 aliphatic rings. The van der Waals surface area contributed by atoms with Gasteiger partial charge in [0.25, 0.3) is 0 Å². The first-order valence-electron chi connectivity index (χ1n) is 4.79. The van der Waals surface area contributed by atoms with Gasteiger partial charge in [0.05, 0.1) is 0 Å². The highest BCUT2D eigenvalue weighted by Crippen LogP contribution is 2.10. The van der Waals surface area contributed by atoms with Crippen LogP contribution in [0.3, 0.4) is 0 Å². The van der Waals surface area contributed by atoms with E-state index in [4.69, 9.17) is 4.74 Å². The highest BCUT2D eigenvalue weighted by atomic mass is 16.5. The summed E-state index contributed by atoms with van der Waals surface area (Å²) in [5, 5.41) is 12.7. The minimum atomic E-state index is -0.968. The van der Waals surface area contributed by atoms with E-state index in [2.05, 4.69) is 5.32 Å². The molecule has 0 heterocycles. The third kappa shape index (κ3) is 3.77. The number of para-hydroxylation sites is 1. The monoisotopic (exact) mass is 195 g/mol. The van der Waals surface area contributed by atoms with Gasteiger partial charge in [-0.1, -0.05) is 25.1 Å². The predicted octanol–water partition coefficient (Wildman–Crippen LogP) is 1.38. The average molecular weight is 195 g/mol. The highest BCUT2D eigenvalue weighted by Gasteiger charge is 2.18. The van der Waals surface area contributed by atoms with E-state index in [0.29, 0.717) is 6.54 Å². The molecule has 0 radical (unpaired) electrons. The summed E-state index contributed by atoms with van der Waals surface area (Å²) in [5.41, 5.74) is -0.968. The lowest BCUT2D eigenvalue weighted by Crippen LogP contribution is -2.47. The van der Waals surface area contributed by atoms with Gasteiger partial charge in [-0.3, -0.25) is 5.32 Å². The normalized spacial score (nSPS) is 14.8. The molecule has 0 amide bonds. The van der Waals surface area contributed by atoms with Gasteiger partial charge in [0.15, 0.2) is 0 Å². The Morgan fingerprint density at radius 3 is 2.57 bits per heavy atom. The van der Waals surface area contributed by atoms with Gasteiger partial charge in [-0.25, -0.2) is 0 Å². The Hall–Kier alpha value is -1.06. The Morgan fingerprint density at radius 1 is 1.36 bits per heavy atom. The minimum absolute atomic E-state index is 0.241. The molecule has 0 saturated carbocycles. The molecule has 0 aromatic heterocycles. The van der Waals surface area contributed by atoms with Gasteiger partial charge in [-0.15, -0.1) is 0 Å². The van der Waals surface area contributed by atoms with E-state index in [0.717, 1.165) is 5.75 Å². The van der Waals surface area contributed by atoms with Crippen LogP contribution in [-0.4, -0.2) is 24.0 Å². The molecule has 0 aliphatic heterocycles. The highest BCUT2D eigenvalue weighted by molar-refractivity contribution is 5.20. The molecule has 1 aromatic carbocycles. The Labute approximate surface area is 84.7 Å². The smallest absolute Gasteiger partial charge is 0.147 e. The van der Waals surface area contributed by atoms with Crippen molar-refractivity contribution in [3.05, 3.63) is 30.3 Å². The fourth-order valence-corrected chi connectivity index (χ4v) is 1.17. The molecule has 0 saturated heterocycles. The van der Waals surface area contributed by atoms with Crippen molar-refractivity contribution < 1.29 is 9.84 Å². The average Bonchev–Trinajstić information content (AvgIpc) is 2.17. The van der Waals surface area contributed by atoms with Crippen LogP contribution in [0.5, 0.6) is 5.75 Å². The molecule has 14 heavy (non-hydrogen) atoms. The van der Waals surface area contributed by atoms with Crippen molar-refractivity contribution in [1.82, 2.24) is 5.32 Å². The largest absolute Gasteiger partial charge is 0.489 e. The van der Waals surface area contributed by atoms with E-state index in [1.165, 1.54) is 0 Å². The van der Waals surface area contributed by atoms with E-state index >= 15 is 0 Å². The zero-order valence-corrected chi connectivity index (χ0v) is 8.66. The molecule has 0 bridgehead atoms. The molecule has 78 valence electrons. The van der Waals surface area contributed by atoms with Crippen LogP contribution in [0.15, 0.2) is 30.3 Å². The van der Waals surface area contributed by atoms with Crippen LogP contribution in [0.2, 0.25) is 0 Å². The fraction of sp³-hybridized carbons (Fsp3) is 0.455. The Bertz CT molecular complexity index is 259. The molecular formula is C11H17NO2. The summed E-state index contributed by atoms with van der Waals surface area (Å²) in [7, 11) is 0. The van der Waals surface area contributed by atoms with E-state index in [1.54, 1.807) is 6.92 Å². The second-order valence-corrected chi connectivity index (χ2v) is 3.41. The van der Waals surface area contributed by atoms with Crippen LogP contribution in [0, 0.1) is 0 Å². The Morgan fingerprint density at radius 2 is 2.00 bits per heavy atom. The molecule has 3 nitrogen and oxygen atoms in total. The maximum absolute atomic E-state index is 9.74. The van der Waals surface area contributed by atoms with E-state index in [-0.39, 0.29) is 6.61 Å². The first-order valence-corrected chi connectivity index (χ1v) is 4.79. The summed E-state index contributed by atoms with van der Waals surface area (Å²) in [5.74, 6) is 0.769. The standard InChI is InChI=1S/C11H17NO2/c1-3-12-11(2,13)9-14-10-7-5-4-6-8-10/h4-8,12-13H,3,9H2,1-2H3. The third-order valence-corrected chi connectivity index (χ3v) is 1.82. The van der Waals surface area contributed by atoms with Crippen LogP contribution >= 0.6 is 0 Å². The summed E-state index contributed by atoms with van der Waals surface area (Å²) >= 11 is 0. The SMILES string of the molecule is CCNC(C)(O)COc1ccccc1. The second-order valence-electron chi connectivity index (χ2n) is 3.41. The van der Waals surface area contributed by atoms with Crippen molar-refractivity contribution in [2.75, 3.05) is 13.2 Å². The number of likely N-dealkylation sites (N-methyl/N-ethyl adjacent to an activating group) is 1. The minimum Gasteiger partial charge on any atom is -0.489 e. The molecule has 1 atom stereocenters. The number of nitrogens with one attached hydrogen (secondary N) is 1. The second kappa shape index (κ2) is 4.98. The third-order valence-electron chi connectivity index (χ3n) is 1.82. The zero-order valence-electron chi connectivity index (χ0n) is 8.66. The van der Waals surface area contributed by atoms with Crippen LogP contribution in [0.1, 0.15) is 13.8 Å². The quantitative estimate of drug-likeness (QED) is 0.697. The van der Waals surface area contributed by atoms with Crippen molar-refractivity contribution in [2.45, 2.75) is 19.6 Å². The lowest BCUT2D eigenvalue weighted by Gasteiger charge is -2.24. The van der Waals surface area contributed by atoms with E-state index in [1.807, 2.05) is 37.3 Å². The molecular weight excluding hydrogens is 178 g/mol. The number of ether oxygens (including phenoxy) is 1. The molecule has 1 aromatic rings. The number of hydrogen-bond donors (Lipinski definition) is 2. The van der Waals surface area contributed by atoms with Gasteiger partial charge >= 0.3 is 0 Å². The van der Waals surface area contributed by atoms with Crippen LogP contribution < -0.4 is 10.1 Å². The molecule has 0 fully saturated rings. The maximum Gasteiger partial charge on any atom is 0.147 e. The maximum atomic E-state index is 9.74. The van der Waals surface area contributed by atoms with Gasteiger partial charge in [-0.2, -0.15) is 0 Å². The van der Waals surface area contributed by atoms with Gasteiger partial charge in [0, 0.05) is 0 Å². The number of aliphatic hydroxyl groups is 1. The van der Waals surface area contributed by atoms with Crippen LogP contribution in [-0.2, 0) is 0 Å². The topological polar surface area (TPSA) is 41.5 Å². The van der Waals surface area contributed by atoms with Crippen molar-refractivity contribution >= 4 is 0 Å². The summed E-state index contributed by atoms with van der Waals surface area (Å²) in [4.78, 5) is 0. The van der Waals surface area contributed by atoms with Crippen molar-refractivity contribution in [3.8, 4) is 5.75 Å². The molecule has 0 spiro atoms. The summed E-state index contributed by atoms with van der Waals surface area (Å²) < 4.78 is 5.41. The van der Waals surface area contributed by atoms with Crippen molar-refractivity contribution in [3.63, 3.8) is 0 Å². The van der Waals surface area contributed by atoms with Crippen molar-refractivity contribution in [1.29, 1.82) is 0 Å². The zero-order chi connectivity index (χ0) is 10.4. The Kier molecular flexibility index (Phi) is 3.92. The number of rotatable bonds is 5. The van der Waals surface area contributed by atoms with E-state index in [9.17, 15) is 5.11 Å². The number of benzene rings is 1. The van der Waals surface area contributed by atoms with Crippen LogP contribution in [0.25, 0.3) is 0 Å². The van der Waals surface area contributed by atoms with Gasteiger partial charge < -0.3 is 9.84 Å². The van der Waals surface area contributed by atoms with Crippen molar-refractivity contribution in [2.24, 2.45) is 0 Å². The van der Waals surface area contributed by atoms with Gasteiger partial charge in [0.1, 0.15) is 18.1 Å². The summed E-state index contributed by atoms with van der Waals surface area (Å²) in [6, 6.07) is 9.45. The fourth-order valence-electron chi connectivity index (χ4n) is 1.17. The lowest BCUT2D eigenvalue weighted by molar-refractivity contribution is -0.0165. The Balaban J connectivity index is 2.40. The number of hydrogen-bond acceptors (Lipinski definition) is 3. The lowest BCUT2D eigenvalue weighted by atomic mass is 10.3. The first-order chi connectivity index (χ1) is 6.64. The van der Waals surface area contributed by atoms with Gasteiger partial charge in [-0.05, 0) is 25.6 Å². The molecule has 3 heteroatoms. The molecule has 1 rings (SSSR count). The van der Waals surface area contributed by atoms with Crippen LogP contribution in [0.4, 0.5) is 0 Å². The van der Waals surface area contributed by atoms with E-state index < -0.39 is 5.72 Å². The molecule has 2 N–H and O–H groups in total. The molecule has 0 aliphatic carbocycles.